The molecule has 74 valence electrons. The van der Waals surface area contributed by atoms with E-state index in [0.717, 1.165) is 5.56 Å². The van der Waals surface area contributed by atoms with E-state index in [9.17, 15) is 8.42 Å². The first kappa shape index (κ1) is 9.01. The first-order valence-electron chi connectivity index (χ1n) is 3.98. The van der Waals surface area contributed by atoms with Gasteiger partial charge in [0.15, 0.2) is 0 Å². The molecule has 2 rings (SSSR count). The molecular formula is C8H9N3O2S. The molecule has 0 aromatic heterocycles. The number of nitrogens with one attached hydrogen (secondary N) is 1. The first-order valence-corrected chi connectivity index (χ1v) is 5.42. The molecular weight excluding hydrogens is 202 g/mol. The lowest BCUT2D eigenvalue weighted by molar-refractivity contribution is 0.597. The van der Waals surface area contributed by atoms with E-state index >= 15 is 0 Å². The SMILES string of the molecule is Cc1cccc2c1NC(N)=NS2(=O)=O. The van der Waals surface area contributed by atoms with Crippen LogP contribution in [0.4, 0.5) is 5.69 Å². The average Bonchev–Trinajstić information content (AvgIpc) is 2.05. The number of sulfonamides is 1. The molecule has 1 aromatic carbocycles. The lowest BCUT2D eigenvalue weighted by Gasteiger charge is -2.17. The van der Waals surface area contributed by atoms with E-state index in [2.05, 4.69) is 9.71 Å². The van der Waals surface area contributed by atoms with Crippen molar-refractivity contribution >= 4 is 21.7 Å². The highest BCUT2D eigenvalue weighted by molar-refractivity contribution is 7.90. The molecule has 3 N–H and O–H groups in total. The summed E-state index contributed by atoms with van der Waals surface area (Å²) in [7, 11) is -3.61. The average molecular weight is 211 g/mol. The number of hydrogen-bond donors (Lipinski definition) is 2. The van der Waals surface area contributed by atoms with Gasteiger partial charge in [0, 0.05) is 0 Å². The number of para-hydroxylation sites is 1. The Bertz CT molecular complexity index is 519. The fraction of sp³-hybridized carbons (Fsp3) is 0.125. The third-order valence-corrected chi connectivity index (χ3v) is 3.32. The van der Waals surface area contributed by atoms with Crippen LogP contribution in [0.15, 0.2) is 27.5 Å². The van der Waals surface area contributed by atoms with Crippen LogP contribution in [-0.4, -0.2) is 14.4 Å². The topological polar surface area (TPSA) is 84.5 Å². The third-order valence-electron chi connectivity index (χ3n) is 1.98. The van der Waals surface area contributed by atoms with Crippen molar-refractivity contribution in [2.45, 2.75) is 11.8 Å². The summed E-state index contributed by atoms with van der Waals surface area (Å²) in [6.45, 7) is 1.81. The molecule has 0 unspecified atom stereocenters. The zero-order valence-electron chi connectivity index (χ0n) is 7.48. The highest BCUT2D eigenvalue weighted by Crippen LogP contribution is 2.28. The Morgan fingerprint density at radius 3 is 2.86 bits per heavy atom. The van der Waals surface area contributed by atoms with Crippen molar-refractivity contribution in [1.29, 1.82) is 0 Å². The molecule has 5 nitrogen and oxygen atoms in total. The second-order valence-electron chi connectivity index (χ2n) is 3.02. The Morgan fingerprint density at radius 2 is 2.14 bits per heavy atom. The molecule has 0 saturated carbocycles. The highest BCUT2D eigenvalue weighted by Gasteiger charge is 2.24. The second kappa shape index (κ2) is 2.71. The standard InChI is InChI=1S/C8H9N3O2S/c1-5-3-2-4-6-7(5)10-8(9)11-14(6,12)13/h2-4H,1H3,(H3,9,10,11). The molecule has 0 radical (unpaired) electrons. The summed E-state index contributed by atoms with van der Waals surface area (Å²) >= 11 is 0. The number of aryl methyl sites for hydroxylation is 1. The molecule has 1 heterocycles. The van der Waals surface area contributed by atoms with E-state index in [1.165, 1.54) is 6.07 Å². The van der Waals surface area contributed by atoms with Gasteiger partial charge in [0.25, 0.3) is 10.0 Å². The normalized spacial score (nSPS) is 17.9. The van der Waals surface area contributed by atoms with Crippen LogP contribution in [0.25, 0.3) is 0 Å². The smallest absolute Gasteiger partial charge is 0.287 e. The van der Waals surface area contributed by atoms with Crippen molar-refractivity contribution in [3.63, 3.8) is 0 Å². The van der Waals surface area contributed by atoms with Crippen LogP contribution in [0, 0.1) is 6.92 Å². The number of nitrogens with zero attached hydrogens (tertiary/aromatic N) is 1. The fourth-order valence-electron chi connectivity index (χ4n) is 1.35. The maximum absolute atomic E-state index is 11.5. The van der Waals surface area contributed by atoms with Crippen LogP contribution in [-0.2, 0) is 10.0 Å². The second-order valence-corrected chi connectivity index (χ2v) is 4.60. The van der Waals surface area contributed by atoms with Crippen molar-refractivity contribution in [3.8, 4) is 0 Å². The minimum atomic E-state index is -3.61. The van der Waals surface area contributed by atoms with Crippen molar-refractivity contribution in [2.75, 3.05) is 5.32 Å². The molecule has 0 atom stereocenters. The van der Waals surface area contributed by atoms with Gasteiger partial charge in [-0.25, -0.2) is 0 Å². The molecule has 1 aromatic rings. The Balaban J connectivity index is 2.78. The van der Waals surface area contributed by atoms with Crippen molar-refractivity contribution in [2.24, 2.45) is 10.1 Å². The maximum atomic E-state index is 11.5. The van der Waals surface area contributed by atoms with Gasteiger partial charge in [-0.1, -0.05) is 12.1 Å². The Morgan fingerprint density at radius 1 is 1.43 bits per heavy atom. The summed E-state index contributed by atoms with van der Waals surface area (Å²) in [5, 5.41) is 2.73. The molecule has 0 amide bonds. The molecule has 0 aliphatic carbocycles. The van der Waals surface area contributed by atoms with Gasteiger partial charge >= 0.3 is 0 Å². The predicted molar refractivity (Wildman–Crippen MR) is 53.6 cm³/mol. The zero-order chi connectivity index (χ0) is 10.3. The van der Waals surface area contributed by atoms with Crippen molar-refractivity contribution < 1.29 is 8.42 Å². The monoisotopic (exact) mass is 211 g/mol. The molecule has 14 heavy (non-hydrogen) atoms. The van der Waals surface area contributed by atoms with E-state index in [1.807, 2.05) is 0 Å². The predicted octanol–water partition coefficient (Wildman–Crippen LogP) is 0.424. The van der Waals surface area contributed by atoms with Crippen LogP contribution < -0.4 is 11.1 Å². The number of anilines is 1. The molecule has 1 aliphatic heterocycles. The summed E-state index contributed by atoms with van der Waals surface area (Å²) in [6.07, 6.45) is 0. The number of hydrogen-bond acceptors (Lipinski definition) is 4. The minimum Gasteiger partial charge on any atom is -0.369 e. The lowest BCUT2D eigenvalue weighted by Crippen LogP contribution is -2.29. The van der Waals surface area contributed by atoms with Crippen molar-refractivity contribution in [1.82, 2.24) is 0 Å². The highest BCUT2D eigenvalue weighted by atomic mass is 32.2. The Labute approximate surface area is 81.7 Å². The largest absolute Gasteiger partial charge is 0.369 e. The number of rotatable bonds is 0. The quantitative estimate of drug-likeness (QED) is 0.651. The number of guanidine groups is 1. The van der Waals surface area contributed by atoms with Gasteiger partial charge in [-0.2, -0.15) is 8.42 Å². The molecule has 0 saturated heterocycles. The van der Waals surface area contributed by atoms with Gasteiger partial charge in [0.2, 0.25) is 5.96 Å². The summed E-state index contributed by atoms with van der Waals surface area (Å²) in [4.78, 5) is 0.173. The fourth-order valence-corrected chi connectivity index (χ4v) is 2.47. The maximum Gasteiger partial charge on any atom is 0.287 e. The van der Waals surface area contributed by atoms with E-state index in [-0.39, 0.29) is 10.9 Å². The van der Waals surface area contributed by atoms with Gasteiger partial charge in [-0.3, -0.25) is 0 Å². The van der Waals surface area contributed by atoms with Gasteiger partial charge < -0.3 is 11.1 Å². The van der Waals surface area contributed by atoms with E-state index in [4.69, 9.17) is 5.73 Å². The summed E-state index contributed by atoms with van der Waals surface area (Å²) in [6, 6.07) is 4.98. The molecule has 0 bridgehead atoms. The third kappa shape index (κ3) is 1.24. The first-order chi connectivity index (χ1) is 6.50. The zero-order valence-corrected chi connectivity index (χ0v) is 8.30. The Hall–Kier alpha value is -1.56. The van der Waals surface area contributed by atoms with E-state index < -0.39 is 10.0 Å². The van der Waals surface area contributed by atoms with E-state index in [1.54, 1.807) is 19.1 Å². The molecule has 0 fully saturated rings. The molecule has 1 aliphatic rings. The van der Waals surface area contributed by atoms with Crippen LogP contribution >= 0.6 is 0 Å². The number of benzene rings is 1. The summed E-state index contributed by atoms with van der Waals surface area (Å²) in [5.41, 5.74) is 6.69. The van der Waals surface area contributed by atoms with Gasteiger partial charge in [0.05, 0.1) is 5.69 Å². The van der Waals surface area contributed by atoms with Crippen molar-refractivity contribution in [3.05, 3.63) is 23.8 Å². The van der Waals surface area contributed by atoms with Crippen LogP contribution in [0.5, 0.6) is 0 Å². The lowest BCUT2D eigenvalue weighted by atomic mass is 10.2. The number of nitrogens with two attached hydrogens (primary N) is 1. The van der Waals surface area contributed by atoms with Crippen LogP contribution in [0.1, 0.15) is 5.56 Å². The van der Waals surface area contributed by atoms with E-state index in [0.29, 0.717) is 5.69 Å². The molecule has 6 heteroatoms. The van der Waals surface area contributed by atoms with Gasteiger partial charge in [-0.05, 0) is 18.6 Å². The van der Waals surface area contributed by atoms with Crippen LogP contribution in [0.3, 0.4) is 0 Å². The number of fused-ring (bicyclic) bond motifs is 1. The van der Waals surface area contributed by atoms with Crippen LogP contribution in [0.2, 0.25) is 0 Å². The van der Waals surface area contributed by atoms with Gasteiger partial charge in [-0.15, -0.1) is 4.40 Å². The van der Waals surface area contributed by atoms with Gasteiger partial charge in [0.1, 0.15) is 4.90 Å². The summed E-state index contributed by atoms with van der Waals surface area (Å²) in [5.74, 6) is -0.0909. The minimum absolute atomic E-state index is 0.0909. The Kier molecular flexibility index (Phi) is 1.75. The summed E-state index contributed by atoms with van der Waals surface area (Å²) < 4.78 is 26.4. The molecule has 0 spiro atoms.